The third-order valence-electron chi connectivity index (χ3n) is 3.28. The largest absolute Gasteiger partial charge is 0.419 e. The quantitative estimate of drug-likeness (QED) is 0.633. The number of halogens is 4. The van der Waals surface area contributed by atoms with Crippen molar-refractivity contribution in [2.75, 3.05) is 18.4 Å². The van der Waals surface area contributed by atoms with Crippen LogP contribution in [0.5, 0.6) is 0 Å². The number of alkyl halides is 3. The summed E-state index contributed by atoms with van der Waals surface area (Å²) in [6.45, 7) is -0.0733. The van der Waals surface area contributed by atoms with Crippen LogP contribution in [0.2, 0.25) is 0 Å². The van der Waals surface area contributed by atoms with Crippen LogP contribution in [0.25, 0.3) is 0 Å². The topological polar surface area (TPSA) is 78.5 Å². The Bertz CT molecular complexity index is 660. The number of hydrogen-bond donors (Lipinski definition) is 2. The Labute approximate surface area is 133 Å². The predicted octanol–water partition coefficient (Wildman–Crippen LogP) is 2.12. The monoisotopic (exact) mass is 347 g/mol. The van der Waals surface area contributed by atoms with Crippen LogP contribution in [0.1, 0.15) is 18.4 Å². The van der Waals surface area contributed by atoms with E-state index in [2.05, 4.69) is 10.6 Å². The van der Waals surface area contributed by atoms with Gasteiger partial charge >= 0.3 is 12.2 Å². The fourth-order valence-electron chi connectivity index (χ4n) is 2.12. The first kappa shape index (κ1) is 17.7. The summed E-state index contributed by atoms with van der Waals surface area (Å²) in [7, 11) is 0. The van der Waals surface area contributed by atoms with Crippen molar-refractivity contribution in [2.24, 2.45) is 0 Å². The van der Waals surface area contributed by atoms with Crippen LogP contribution in [0, 0.1) is 5.82 Å². The molecule has 1 saturated heterocycles. The van der Waals surface area contributed by atoms with Crippen molar-refractivity contribution < 1.29 is 31.9 Å². The molecular formula is C14H13F4N3O3. The summed E-state index contributed by atoms with van der Waals surface area (Å²) in [5, 5.41) is 4.54. The number of urea groups is 1. The van der Waals surface area contributed by atoms with Gasteiger partial charge in [-0.1, -0.05) is 0 Å². The van der Waals surface area contributed by atoms with Crippen LogP contribution in [0.3, 0.4) is 0 Å². The maximum absolute atomic E-state index is 13.1. The molecule has 24 heavy (non-hydrogen) atoms. The normalized spacial score (nSPS) is 14.8. The van der Waals surface area contributed by atoms with E-state index in [1.807, 2.05) is 0 Å². The Morgan fingerprint density at radius 2 is 2.00 bits per heavy atom. The molecule has 0 aromatic heterocycles. The van der Waals surface area contributed by atoms with Gasteiger partial charge in [0, 0.05) is 18.7 Å². The van der Waals surface area contributed by atoms with Gasteiger partial charge in [-0.15, -0.1) is 0 Å². The van der Waals surface area contributed by atoms with Crippen LogP contribution in [0.4, 0.5) is 28.0 Å². The highest BCUT2D eigenvalue weighted by Gasteiger charge is 2.34. The highest BCUT2D eigenvalue weighted by Crippen LogP contribution is 2.33. The zero-order valence-electron chi connectivity index (χ0n) is 12.2. The van der Waals surface area contributed by atoms with Gasteiger partial charge in [0.2, 0.25) is 11.8 Å². The van der Waals surface area contributed by atoms with Crippen LogP contribution in [0.15, 0.2) is 18.2 Å². The van der Waals surface area contributed by atoms with Crippen LogP contribution < -0.4 is 10.6 Å². The third kappa shape index (κ3) is 4.21. The van der Waals surface area contributed by atoms with Crippen molar-refractivity contribution in [1.29, 1.82) is 0 Å². The second-order valence-corrected chi connectivity index (χ2v) is 5.05. The number of benzene rings is 1. The standard InChI is InChI=1S/C14H13F4N3O3/c15-10-4-3-8(6-9(10)14(16,17)18)20-11(22)2-1-5-21-12(23)7-19-13(21)24/h3-4,6H,1-2,5,7H2,(H,19,24)(H,20,22). The van der Waals surface area contributed by atoms with Gasteiger partial charge in [0.25, 0.3) is 0 Å². The van der Waals surface area contributed by atoms with E-state index in [0.717, 1.165) is 11.0 Å². The molecule has 0 atom stereocenters. The van der Waals surface area contributed by atoms with Crippen molar-refractivity contribution in [3.05, 3.63) is 29.6 Å². The van der Waals surface area contributed by atoms with Crippen molar-refractivity contribution in [3.8, 4) is 0 Å². The molecule has 10 heteroatoms. The Morgan fingerprint density at radius 3 is 2.58 bits per heavy atom. The molecule has 4 amide bonds. The molecule has 1 fully saturated rings. The van der Waals surface area contributed by atoms with E-state index in [1.165, 1.54) is 0 Å². The maximum Gasteiger partial charge on any atom is 0.419 e. The van der Waals surface area contributed by atoms with E-state index >= 15 is 0 Å². The number of rotatable bonds is 5. The van der Waals surface area contributed by atoms with E-state index in [0.29, 0.717) is 12.1 Å². The SMILES string of the molecule is O=C(CCCN1C(=O)CNC1=O)Nc1ccc(F)c(C(F)(F)F)c1. The number of nitrogens with zero attached hydrogens (tertiary/aromatic N) is 1. The summed E-state index contributed by atoms with van der Waals surface area (Å²) in [4.78, 5) is 35.2. The molecule has 0 aliphatic carbocycles. The lowest BCUT2D eigenvalue weighted by Crippen LogP contribution is -2.32. The molecule has 0 bridgehead atoms. The van der Waals surface area contributed by atoms with Crippen molar-refractivity contribution in [1.82, 2.24) is 10.2 Å². The number of imide groups is 1. The highest BCUT2D eigenvalue weighted by atomic mass is 19.4. The summed E-state index contributed by atoms with van der Waals surface area (Å²) in [6.07, 6.45) is -4.83. The summed E-state index contributed by atoms with van der Waals surface area (Å²) in [5.74, 6) is -2.45. The lowest BCUT2D eigenvalue weighted by molar-refractivity contribution is -0.140. The average Bonchev–Trinajstić information content (AvgIpc) is 2.80. The Balaban J connectivity index is 1.89. The first-order chi connectivity index (χ1) is 11.2. The number of anilines is 1. The summed E-state index contributed by atoms with van der Waals surface area (Å²) in [6, 6.07) is 1.59. The Morgan fingerprint density at radius 1 is 1.29 bits per heavy atom. The summed E-state index contributed by atoms with van der Waals surface area (Å²) >= 11 is 0. The van der Waals surface area contributed by atoms with Crippen LogP contribution in [-0.2, 0) is 15.8 Å². The average molecular weight is 347 g/mol. The summed E-state index contributed by atoms with van der Waals surface area (Å²) < 4.78 is 50.9. The molecule has 1 aliphatic rings. The van der Waals surface area contributed by atoms with Gasteiger partial charge < -0.3 is 10.6 Å². The minimum Gasteiger partial charge on any atom is -0.329 e. The zero-order chi connectivity index (χ0) is 17.9. The molecule has 1 aliphatic heterocycles. The lowest BCUT2D eigenvalue weighted by atomic mass is 10.1. The van der Waals surface area contributed by atoms with Crippen LogP contribution in [-0.4, -0.2) is 35.8 Å². The molecule has 1 aromatic carbocycles. The number of nitrogens with one attached hydrogen (secondary N) is 2. The molecule has 1 heterocycles. The van der Waals surface area contributed by atoms with Gasteiger partial charge in [-0.2, -0.15) is 13.2 Å². The number of amides is 4. The Hall–Kier alpha value is -2.65. The molecule has 2 rings (SSSR count). The molecule has 0 radical (unpaired) electrons. The van der Waals surface area contributed by atoms with Gasteiger partial charge in [-0.3, -0.25) is 14.5 Å². The summed E-state index contributed by atoms with van der Waals surface area (Å²) in [5.41, 5.74) is -1.66. The predicted molar refractivity (Wildman–Crippen MR) is 74.4 cm³/mol. The molecule has 0 spiro atoms. The smallest absolute Gasteiger partial charge is 0.329 e. The molecule has 6 nitrogen and oxygen atoms in total. The van der Waals surface area contributed by atoms with Gasteiger partial charge in [-0.05, 0) is 24.6 Å². The minimum absolute atomic E-state index is 0.0231. The number of hydrogen-bond acceptors (Lipinski definition) is 3. The number of carbonyl (C=O) groups is 3. The molecular weight excluding hydrogens is 334 g/mol. The van der Waals surface area contributed by atoms with Crippen LogP contribution >= 0.6 is 0 Å². The maximum atomic E-state index is 13.1. The zero-order valence-corrected chi connectivity index (χ0v) is 12.2. The second kappa shape index (κ2) is 6.85. The molecule has 130 valence electrons. The van der Waals surface area contributed by atoms with Crippen molar-refractivity contribution in [2.45, 2.75) is 19.0 Å². The van der Waals surface area contributed by atoms with Gasteiger partial charge in [0.05, 0.1) is 12.1 Å². The number of carbonyl (C=O) groups excluding carboxylic acids is 3. The third-order valence-corrected chi connectivity index (χ3v) is 3.28. The second-order valence-electron chi connectivity index (χ2n) is 5.05. The van der Waals surface area contributed by atoms with Crippen molar-refractivity contribution in [3.63, 3.8) is 0 Å². The fraction of sp³-hybridized carbons (Fsp3) is 0.357. The Kier molecular flexibility index (Phi) is 5.05. The first-order valence-electron chi connectivity index (χ1n) is 6.93. The lowest BCUT2D eigenvalue weighted by Gasteiger charge is -2.13. The van der Waals surface area contributed by atoms with E-state index < -0.39 is 35.4 Å². The van der Waals surface area contributed by atoms with E-state index in [-0.39, 0.29) is 31.6 Å². The molecule has 0 unspecified atom stereocenters. The fourth-order valence-corrected chi connectivity index (χ4v) is 2.12. The highest BCUT2D eigenvalue weighted by molar-refractivity contribution is 6.02. The van der Waals surface area contributed by atoms with E-state index in [9.17, 15) is 31.9 Å². The van der Waals surface area contributed by atoms with Gasteiger partial charge in [0.15, 0.2) is 0 Å². The van der Waals surface area contributed by atoms with Gasteiger partial charge in [0.1, 0.15) is 5.82 Å². The van der Waals surface area contributed by atoms with Gasteiger partial charge in [-0.25, -0.2) is 9.18 Å². The minimum atomic E-state index is -4.87. The molecule has 1 aromatic rings. The first-order valence-corrected chi connectivity index (χ1v) is 6.93. The van der Waals surface area contributed by atoms with E-state index in [1.54, 1.807) is 0 Å². The molecule has 0 saturated carbocycles. The van der Waals surface area contributed by atoms with E-state index in [4.69, 9.17) is 0 Å². The van der Waals surface area contributed by atoms with Crippen molar-refractivity contribution >= 4 is 23.5 Å². The molecule has 2 N–H and O–H groups in total.